The van der Waals surface area contributed by atoms with E-state index in [1.165, 1.54) is 6.07 Å². The van der Waals surface area contributed by atoms with E-state index in [0.717, 1.165) is 67.1 Å². The Hall–Kier alpha value is -4.26. The molecule has 7 heteroatoms. The van der Waals surface area contributed by atoms with Gasteiger partial charge in [0.15, 0.2) is 0 Å². The second-order valence-electron chi connectivity index (χ2n) is 8.40. The number of hydrogen-bond donors (Lipinski definition) is 2. The molecule has 6 aromatic rings. The van der Waals surface area contributed by atoms with E-state index in [2.05, 4.69) is 31.2 Å². The van der Waals surface area contributed by atoms with Crippen molar-refractivity contribution < 1.29 is 4.39 Å². The van der Waals surface area contributed by atoms with E-state index in [1.807, 2.05) is 62.0 Å². The second kappa shape index (κ2) is 7.13. The van der Waals surface area contributed by atoms with Crippen molar-refractivity contribution in [3.8, 4) is 33.9 Å². The van der Waals surface area contributed by atoms with Crippen LogP contribution in [-0.2, 0) is 7.05 Å². The van der Waals surface area contributed by atoms with Gasteiger partial charge in [0.25, 0.3) is 0 Å². The van der Waals surface area contributed by atoms with Gasteiger partial charge in [-0.05, 0) is 60.9 Å². The number of hydrogen-bond acceptors (Lipinski definition) is 3. The molecule has 0 radical (unpaired) electrons. The van der Waals surface area contributed by atoms with Gasteiger partial charge in [0.05, 0.1) is 35.0 Å². The number of halogens is 1. The van der Waals surface area contributed by atoms with E-state index in [0.29, 0.717) is 0 Å². The molecule has 4 aromatic heterocycles. The van der Waals surface area contributed by atoms with Gasteiger partial charge in [-0.25, -0.2) is 9.37 Å². The van der Waals surface area contributed by atoms with Gasteiger partial charge in [0.1, 0.15) is 17.3 Å². The summed E-state index contributed by atoms with van der Waals surface area (Å²) in [5.74, 6) is 0.691. The summed E-state index contributed by atoms with van der Waals surface area (Å²) in [5, 5.41) is 9.65. The van der Waals surface area contributed by atoms with Gasteiger partial charge in [-0.1, -0.05) is 18.2 Å². The highest BCUT2D eigenvalue weighted by molar-refractivity contribution is 6.01. The number of H-pyrrole nitrogens is 2. The summed E-state index contributed by atoms with van der Waals surface area (Å²) in [6, 6.07) is 15.2. The van der Waals surface area contributed by atoms with Crippen LogP contribution in [0.25, 0.3) is 55.7 Å². The highest BCUT2D eigenvalue weighted by Crippen LogP contribution is 2.35. The Balaban J connectivity index is 1.52. The molecular weight excluding hydrogens is 415 g/mol. The molecule has 0 unspecified atom stereocenters. The molecule has 6 rings (SSSR count). The van der Waals surface area contributed by atoms with Crippen molar-refractivity contribution in [1.82, 2.24) is 29.7 Å². The lowest BCUT2D eigenvalue weighted by molar-refractivity contribution is 0.627. The average Bonchev–Trinajstić information content (AvgIpc) is 3.49. The standard InChI is InChI=1S/C26H21FN6/c1-14-7-16(9-17(27)8-14)18-5-4-6-21-19(18)10-23(30-21)26-20-11-22(29-12-24(20)31-32-26)25-13-28-15(2)33(25)3/h4-13,30H,1-3H3,(H,31,32). The minimum absolute atomic E-state index is 0.235. The van der Waals surface area contributed by atoms with Crippen molar-refractivity contribution in [2.24, 2.45) is 7.05 Å². The molecule has 0 atom stereocenters. The molecule has 0 aliphatic rings. The van der Waals surface area contributed by atoms with E-state index in [4.69, 9.17) is 0 Å². The van der Waals surface area contributed by atoms with E-state index >= 15 is 0 Å². The Morgan fingerprint density at radius 1 is 0.909 bits per heavy atom. The minimum Gasteiger partial charge on any atom is -0.353 e. The predicted octanol–water partition coefficient (Wildman–Crippen LogP) is 5.93. The Morgan fingerprint density at radius 2 is 1.79 bits per heavy atom. The zero-order valence-electron chi connectivity index (χ0n) is 18.4. The smallest absolute Gasteiger partial charge is 0.124 e. The first kappa shape index (κ1) is 19.4. The van der Waals surface area contributed by atoms with Gasteiger partial charge in [0.2, 0.25) is 0 Å². The molecule has 0 saturated heterocycles. The third-order valence-corrected chi connectivity index (χ3v) is 6.20. The molecule has 2 aromatic carbocycles. The maximum atomic E-state index is 14.1. The lowest BCUT2D eigenvalue weighted by atomic mass is 9.99. The van der Waals surface area contributed by atoms with Gasteiger partial charge in [-0.3, -0.25) is 10.1 Å². The number of aryl methyl sites for hydroxylation is 2. The fraction of sp³-hybridized carbons (Fsp3) is 0.115. The molecule has 33 heavy (non-hydrogen) atoms. The van der Waals surface area contributed by atoms with Crippen LogP contribution in [0.15, 0.2) is 60.9 Å². The van der Waals surface area contributed by atoms with Crippen molar-refractivity contribution in [2.75, 3.05) is 0 Å². The van der Waals surface area contributed by atoms with Crippen molar-refractivity contribution in [1.29, 1.82) is 0 Å². The molecule has 0 saturated carbocycles. The number of nitrogens with zero attached hydrogens (tertiary/aromatic N) is 4. The number of aromatic nitrogens is 6. The maximum absolute atomic E-state index is 14.1. The van der Waals surface area contributed by atoms with Crippen molar-refractivity contribution in [2.45, 2.75) is 13.8 Å². The van der Waals surface area contributed by atoms with Gasteiger partial charge in [-0.2, -0.15) is 5.10 Å². The molecule has 0 aliphatic carbocycles. The van der Waals surface area contributed by atoms with Crippen LogP contribution in [0.1, 0.15) is 11.4 Å². The van der Waals surface area contributed by atoms with Crippen molar-refractivity contribution >= 4 is 21.8 Å². The monoisotopic (exact) mass is 436 g/mol. The third-order valence-electron chi connectivity index (χ3n) is 6.20. The van der Waals surface area contributed by atoms with Crippen LogP contribution in [-0.4, -0.2) is 29.7 Å². The fourth-order valence-electron chi connectivity index (χ4n) is 4.43. The zero-order valence-corrected chi connectivity index (χ0v) is 18.4. The van der Waals surface area contributed by atoms with Crippen LogP contribution < -0.4 is 0 Å². The van der Waals surface area contributed by atoms with Gasteiger partial charge >= 0.3 is 0 Å². The Morgan fingerprint density at radius 3 is 2.58 bits per heavy atom. The molecule has 0 aliphatic heterocycles. The summed E-state index contributed by atoms with van der Waals surface area (Å²) in [7, 11) is 1.98. The third kappa shape index (κ3) is 3.12. The summed E-state index contributed by atoms with van der Waals surface area (Å²) in [6.45, 7) is 3.87. The molecule has 0 bridgehead atoms. The predicted molar refractivity (Wildman–Crippen MR) is 128 cm³/mol. The minimum atomic E-state index is -0.235. The van der Waals surface area contributed by atoms with E-state index < -0.39 is 0 Å². The van der Waals surface area contributed by atoms with Crippen LogP contribution in [0.4, 0.5) is 4.39 Å². The lowest BCUT2D eigenvalue weighted by Crippen LogP contribution is -1.95. The zero-order chi connectivity index (χ0) is 22.7. The Kier molecular flexibility index (Phi) is 4.20. The van der Waals surface area contributed by atoms with Gasteiger partial charge in [0, 0.05) is 23.3 Å². The summed E-state index contributed by atoms with van der Waals surface area (Å²) >= 11 is 0. The number of pyridine rings is 1. The molecule has 6 nitrogen and oxygen atoms in total. The molecule has 2 N–H and O–H groups in total. The normalized spacial score (nSPS) is 11.6. The summed E-state index contributed by atoms with van der Waals surface area (Å²) < 4.78 is 16.1. The molecule has 162 valence electrons. The molecular formula is C26H21FN6. The first-order valence-corrected chi connectivity index (χ1v) is 10.7. The summed E-state index contributed by atoms with van der Waals surface area (Å²) in [5.41, 5.74) is 8.02. The topological polar surface area (TPSA) is 75.2 Å². The number of benzene rings is 2. The average molecular weight is 436 g/mol. The first-order chi connectivity index (χ1) is 16.0. The van der Waals surface area contributed by atoms with Crippen molar-refractivity contribution in [3.63, 3.8) is 0 Å². The van der Waals surface area contributed by atoms with Crippen molar-refractivity contribution in [3.05, 3.63) is 78.1 Å². The van der Waals surface area contributed by atoms with E-state index in [1.54, 1.807) is 12.3 Å². The first-order valence-electron chi connectivity index (χ1n) is 10.7. The lowest BCUT2D eigenvalue weighted by Gasteiger charge is -2.05. The number of fused-ring (bicyclic) bond motifs is 2. The SMILES string of the molecule is Cc1cc(F)cc(-c2cccc3[nH]c(-c4n[nH]c5cnc(-c6cnc(C)n6C)cc45)cc23)c1. The largest absolute Gasteiger partial charge is 0.353 e. The van der Waals surface area contributed by atoms with Gasteiger partial charge in [-0.15, -0.1) is 0 Å². The number of imidazole rings is 1. The maximum Gasteiger partial charge on any atom is 0.124 e. The van der Waals surface area contributed by atoms with Crippen LogP contribution in [0.2, 0.25) is 0 Å². The molecule has 0 spiro atoms. The summed E-state index contributed by atoms with van der Waals surface area (Å²) in [4.78, 5) is 12.5. The number of nitrogens with one attached hydrogen (secondary N) is 2. The van der Waals surface area contributed by atoms with Crippen LogP contribution in [0.3, 0.4) is 0 Å². The highest BCUT2D eigenvalue weighted by Gasteiger charge is 2.16. The number of aromatic amines is 2. The highest BCUT2D eigenvalue weighted by atomic mass is 19.1. The molecule has 4 heterocycles. The van der Waals surface area contributed by atoms with E-state index in [-0.39, 0.29) is 5.82 Å². The Bertz CT molecular complexity index is 1650. The van der Waals surface area contributed by atoms with Crippen LogP contribution in [0, 0.1) is 19.7 Å². The Labute approximate surface area is 189 Å². The number of rotatable bonds is 3. The fourth-order valence-corrected chi connectivity index (χ4v) is 4.43. The molecule has 0 fully saturated rings. The second-order valence-corrected chi connectivity index (χ2v) is 8.40. The quantitative estimate of drug-likeness (QED) is 0.361. The van der Waals surface area contributed by atoms with Gasteiger partial charge < -0.3 is 9.55 Å². The van der Waals surface area contributed by atoms with E-state index in [9.17, 15) is 4.39 Å². The summed E-state index contributed by atoms with van der Waals surface area (Å²) in [6.07, 6.45) is 3.63. The van der Waals surface area contributed by atoms with Crippen LogP contribution in [0.5, 0.6) is 0 Å². The molecule has 0 amide bonds. The van der Waals surface area contributed by atoms with Crippen LogP contribution >= 0.6 is 0 Å².